The van der Waals surface area contributed by atoms with Gasteiger partial charge in [-0.15, -0.1) is 0 Å². The lowest BCUT2D eigenvalue weighted by Gasteiger charge is -2.40. The number of aliphatic hydroxyl groups excluding tert-OH is 5. The maximum Gasteiger partial charge on any atom is 0.220 e. The van der Waals surface area contributed by atoms with E-state index in [0.29, 0.717) is 6.42 Å². The maximum absolute atomic E-state index is 13.0. The molecule has 0 radical (unpaired) electrons. The molecule has 0 spiro atoms. The number of ether oxygens (including phenoxy) is 2. The van der Waals surface area contributed by atoms with E-state index in [9.17, 15) is 30.3 Å². The lowest BCUT2D eigenvalue weighted by atomic mass is 9.99. The Bertz CT molecular complexity index is 1130. The van der Waals surface area contributed by atoms with Crippen molar-refractivity contribution >= 4 is 5.91 Å². The van der Waals surface area contributed by atoms with Gasteiger partial charge in [-0.3, -0.25) is 4.79 Å². The first-order valence-corrected chi connectivity index (χ1v) is 26.4. The standard InChI is InChI=1S/C54H99NO8/c1-3-5-7-9-11-13-15-17-19-21-23-24-26-27-29-31-33-35-37-39-41-43-48(57)47(46-62-54-53(61)52(60)51(59)49(45-56)63-54)55-50(58)44-42-40-38-36-34-32-30-28-25-22-20-18-16-14-12-10-8-6-4-2/h12,14,18,20,25,28,41,43,47-49,51-54,56-57,59-61H,3-11,13,15-17,19,21-24,26-27,29-40,42,44-46H2,1-2H3,(H,55,58)/b14-12-,20-18-,28-25-,43-41+. The van der Waals surface area contributed by atoms with E-state index in [4.69, 9.17) is 9.47 Å². The second-order valence-corrected chi connectivity index (χ2v) is 18.3. The summed E-state index contributed by atoms with van der Waals surface area (Å²) in [6.07, 6.45) is 50.1. The number of rotatable bonds is 44. The van der Waals surface area contributed by atoms with Crippen molar-refractivity contribution in [2.75, 3.05) is 13.2 Å². The molecule has 1 rings (SSSR count). The Balaban J connectivity index is 2.30. The van der Waals surface area contributed by atoms with Crippen molar-refractivity contribution in [1.82, 2.24) is 5.32 Å². The fourth-order valence-corrected chi connectivity index (χ4v) is 8.16. The van der Waals surface area contributed by atoms with Gasteiger partial charge >= 0.3 is 0 Å². The lowest BCUT2D eigenvalue weighted by molar-refractivity contribution is -0.302. The van der Waals surface area contributed by atoms with E-state index in [1.165, 1.54) is 148 Å². The van der Waals surface area contributed by atoms with Crippen LogP contribution in [0.4, 0.5) is 0 Å². The fraction of sp³-hybridized carbons (Fsp3) is 0.833. The molecule has 7 unspecified atom stereocenters. The number of nitrogens with one attached hydrogen (secondary N) is 1. The van der Waals surface area contributed by atoms with Crippen LogP contribution in [0.5, 0.6) is 0 Å². The van der Waals surface area contributed by atoms with Crippen LogP contribution in [0, 0.1) is 0 Å². The molecule has 9 nitrogen and oxygen atoms in total. The number of hydrogen-bond acceptors (Lipinski definition) is 8. The van der Waals surface area contributed by atoms with Gasteiger partial charge in [0.15, 0.2) is 6.29 Å². The van der Waals surface area contributed by atoms with Crippen molar-refractivity contribution in [1.29, 1.82) is 0 Å². The predicted octanol–water partition coefficient (Wildman–Crippen LogP) is 12.2. The first kappa shape index (κ1) is 59.2. The van der Waals surface area contributed by atoms with Gasteiger partial charge in [-0.25, -0.2) is 0 Å². The Morgan fingerprint density at radius 2 is 0.937 bits per heavy atom. The van der Waals surface area contributed by atoms with E-state index in [0.717, 1.165) is 64.2 Å². The SMILES string of the molecule is CCCCC/C=C\C/C=C\C/C=C\CCCCCCCCC(=O)NC(COC1OC(CO)C(O)C(O)C1O)C(O)/C=C/CCCCCCCCCCCCCCCCCCCCC. The predicted molar refractivity (Wildman–Crippen MR) is 263 cm³/mol. The lowest BCUT2D eigenvalue weighted by Crippen LogP contribution is -2.60. The average Bonchev–Trinajstić information content (AvgIpc) is 3.28. The quantitative estimate of drug-likeness (QED) is 0.0262. The zero-order chi connectivity index (χ0) is 45.9. The number of aliphatic hydroxyl groups is 5. The van der Waals surface area contributed by atoms with Crippen LogP contribution in [-0.2, 0) is 14.3 Å². The topological polar surface area (TPSA) is 149 Å². The van der Waals surface area contributed by atoms with Crippen LogP contribution >= 0.6 is 0 Å². The first-order valence-electron chi connectivity index (χ1n) is 26.4. The number of carbonyl (C=O) groups is 1. The molecule has 0 aromatic heterocycles. The number of carbonyl (C=O) groups excluding carboxylic acids is 1. The van der Waals surface area contributed by atoms with Gasteiger partial charge in [0.05, 0.1) is 25.4 Å². The molecular formula is C54H99NO8. The Morgan fingerprint density at radius 1 is 0.540 bits per heavy atom. The largest absolute Gasteiger partial charge is 0.394 e. The van der Waals surface area contributed by atoms with E-state index >= 15 is 0 Å². The number of hydrogen-bond donors (Lipinski definition) is 6. The van der Waals surface area contributed by atoms with E-state index < -0.39 is 49.5 Å². The fourth-order valence-electron chi connectivity index (χ4n) is 8.16. The molecule has 1 aliphatic heterocycles. The van der Waals surface area contributed by atoms with E-state index in [1.807, 2.05) is 6.08 Å². The van der Waals surface area contributed by atoms with Gasteiger partial charge in [-0.1, -0.05) is 217 Å². The third-order valence-corrected chi connectivity index (χ3v) is 12.4. The Kier molecular flexibility index (Phi) is 41.3. The summed E-state index contributed by atoms with van der Waals surface area (Å²) in [6.45, 7) is 3.75. The summed E-state index contributed by atoms with van der Waals surface area (Å²) in [5.41, 5.74) is 0. The molecular weight excluding hydrogens is 791 g/mol. The molecule has 1 amide bonds. The summed E-state index contributed by atoms with van der Waals surface area (Å²) >= 11 is 0. The van der Waals surface area contributed by atoms with E-state index in [2.05, 4.69) is 55.6 Å². The normalized spacial score (nSPS) is 20.5. The molecule has 0 saturated carbocycles. The Labute approximate surface area is 386 Å². The van der Waals surface area contributed by atoms with Crippen molar-refractivity contribution in [3.63, 3.8) is 0 Å². The van der Waals surface area contributed by atoms with Gasteiger partial charge in [0.2, 0.25) is 5.91 Å². The van der Waals surface area contributed by atoms with Crippen LogP contribution < -0.4 is 5.32 Å². The van der Waals surface area contributed by atoms with Gasteiger partial charge in [0.1, 0.15) is 24.4 Å². The van der Waals surface area contributed by atoms with Gasteiger partial charge < -0.3 is 40.3 Å². The van der Waals surface area contributed by atoms with Gasteiger partial charge in [0.25, 0.3) is 0 Å². The second kappa shape index (κ2) is 44.0. The molecule has 1 saturated heterocycles. The smallest absolute Gasteiger partial charge is 0.220 e. The Hall–Kier alpha value is -1.85. The van der Waals surface area contributed by atoms with Crippen molar-refractivity contribution in [2.24, 2.45) is 0 Å². The van der Waals surface area contributed by atoms with E-state index in [1.54, 1.807) is 6.08 Å². The summed E-state index contributed by atoms with van der Waals surface area (Å²) in [4.78, 5) is 13.0. The minimum absolute atomic E-state index is 0.189. The van der Waals surface area contributed by atoms with Crippen LogP contribution in [0.15, 0.2) is 48.6 Å². The zero-order valence-corrected chi connectivity index (χ0v) is 40.6. The summed E-state index contributed by atoms with van der Waals surface area (Å²) in [6, 6.07) is -0.813. The molecule has 1 aliphatic rings. The van der Waals surface area contributed by atoms with Crippen LogP contribution in [0.1, 0.15) is 232 Å². The molecule has 1 fully saturated rings. The first-order chi connectivity index (χ1) is 30.8. The summed E-state index contributed by atoms with van der Waals surface area (Å²) < 4.78 is 11.2. The van der Waals surface area contributed by atoms with Crippen molar-refractivity contribution in [2.45, 2.75) is 275 Å². The minimum atomic E-state index is -1.57. The monoisotopic (exact) mass is 890 g/mol. The summed E-state index contributed by atoms with van der Waals surface area (Å²) in [7, 11) is 0. The summed E-state index contributed by atoms with van der Waals surface area (Å²) in [5, 5.41) is 54.4. The maximum atomic E-state index is 13.0. The highest BCUT2D eigenvalue weighted by Crippen LogP contribution is 2.23. The van der Waals surface area contributed by atoms with Crippen LogP contribution in [0.3, 0.4) is 0 Å². The van der Waals surface area contributed by atoms with Crippen molar-refractivity contribution in [3.8, 4) is 0 Å². The number of unbranched alkanes of at least 4 members (excludes halogenated alkanes) is 28. The molecule has 6 N–H and O–H groups in total. The van der Waals surface area contributed by atoms with Crippen molar-refractivity contribution in [3.05, 3.63) is 48.6 Å². The highest BCUT2D eigenvalue weighted by Gasteiger charge is 2.44. The third-order valence-electron chi connectivity index (χ3n) is 12.4. The minimum Gasteiger partial charge on any atom is -0.394 e. The van der Waals surface area contributed by atoms with Gasteiger partial charge in [-0.05, 0) is 57.8 Å². The molecule has 0 bridgehead atoms. The molecule has 1 heterocycles. The van der Waals surface area contributed by atoms with Gasteiger partial charge in [0, 0.05) is 6.42 Å². The molecule has 63 heavy (non-hydrogen) atoms. The molecule has 0 aliphatic carbocycles. The van der Waals surface area contributed by atoms with Crippen LogP contribution in [0.25, 0.3) is 0 Å². The molecule has 0 aromatic carbocycles. The molecule has 9 heteroatoms. The molecule has 368 valence electrons. The second-order valence-electron chi connectivity index (χ2n) is 18.3. The summed E-state index contributed by atoms with van der Waals surface area (Å²) in [5.74, 6) is -0.189. The average molecular weight is 890 g/mol. The Morgan fingerprint density at radius 3 is 1.41 bits per heavy atom. The molecule has 0 aromatic rings. The third kappa shape index (κ3) is 34.2. The number of allylic oxidation sites excluding steroid dienone is 7. The molecule has 7 atom stereocenters. The highest BCUT2D eigenvalue weighted by atomic mass is 16.7. The van der Waals surface area contributed by atoms with Crippen molar-refractivity contribution < 1.29 is 39.8 Å². The van der Waals surface area contributed by atoms with Gasteiger partial charge in [-0.2, -0.15) is 0 Å². The highest BCUT2D eigenvalue weighted by molar-refractivity contribution is 5.76. The zero-order valence-electron chi connectivity index (χ0n) is 40.6. The number of amides is 1. The van der Waals surface area contributed by atoms with Crippen LogP contribution in [0.2, 0.25) is 0 Å². The van der Waals surface area contributed by atoms with E-state index in [-0.39, 0.29) is 12.5 Å². The van der Waals surface area contributed by atoms with Crippen LogP contribution in [-0.4, -0.2) is 87.5 Å².